The van der Waals surface area contributed by atoms with Crippen LogP contribution in [-0.2, 0) is 19.1 Å². The van der Waals surface area contributed by atoms with Gasteiger partial charge >= 0.3 is 0 Å². The van der Waals surface area contributed by atoms with Crippen LogP contribution in [0.2, 0.25) is 0 Å². The first kappa shape index (κ1) is 20.4. The predicted octanol–water partition coefficient (Wildman–Crippen LogP) is 2.33. The molecule has 0 spiro atoms. The van der Waals surface area contributed by atoms with E-state index in [-0.39, 0.29) is 12.4 Å². The van der Waals surface area contributed by atoms with Crippen LogP contribution in [0.25, 0.3) is 0 Å². The van der Waals surface area contributed by atoms with Gasteiger partial charge in [-0.15, -0.1) is 0 Å². The number of hydrogen-bond donors (Lipinski definition) is 3. The van der Waals surface area contributed by atoms with Crippen molar-refractivity contribution in [3.8, 4) is 0 Å². The molecule has 142 valence electrons. The van der Waals surface area contributed by atoms with Crippen molar-refractivity contribution in [2.24, 2.45) is 12.0 Å². The first-order valence-corrected chi connectivity index (χ1v) is 9.28. The monoisotopic (exact) mass is 425 g/mol. The number of benzene rings is 1. The van der Waals surface area contributed by atoms with E-state index in [0.717, 1.165) is 17.5 Å². The van der Waals surface area contributed by atoms with E-state index in [0.29, 0.717) is 23.5 Å². The molecule has 0 aliphatic rings. The molecule has 3 N–H and O–H groups in total. The number of aryl methyl sites for hydroxylation is 1. The molecular formula is C18H25BrFN5O. The van der Waals surface area contributed by atoms with Gasteiger partial charge in [-0.05, 0) is 53.9 Å². The van der Waals surface area contributed by atoms with E-state index < -0.39 is 5.60 Å². The Hall–Kier alpha value is -1.93. The van der Waals surface area contributed by atoms with Crippen molar-refractivity contribution in [1.82, 2.24) is 20.4 Å². The molecule has 1 aromatic heterocycles. The van der Waals surface area contributed by atoms with Gasteiger partial charge in [0.05, 0.1) is 17.2 Å². The highest BCUT2D eigenvalue weighted by atomic mass is 79.9. The van der Waals surface area contributed by atoms with Gasteiger partial charge in [0.1, 0.15) is 11.4 Å². The van der Waals surface area contributed by atoms with E-state index in [9.17, 15) is 9.50 Å². The zero-order valence-corrected chi connectivity index (χ0v) is 16.8. The molecular weight excluding hydrogens is 401 g/mol. The van der Waals surface area contributed by atoms with Crippen LogP contribution >= 0.6 is 15.9 Å². The Bertz CT molecular complexity index is 760. The van der Waals surface area contributed by atoms with Crippen LogP contribution < -0.4 is 10.6 Å². The minimum Gasteiger partial charge on any atom is -0.383 e. The number of guanidine groups is 1. The molecule has 2 aromatic rings. The summed E-state index contributed by atoms with van der Waals surface area (Å²) in [5, 5.41) is 21.1. The van der Waals surface area contributed by atoms with E-state index >= 15 is 0 Å². The summed E-state index contributed by atoms with van der Waals surface area (Å²) in [5.41, 5.74) is 0.637. The first-order valence-electron chi connectivity index (χ1n) is 8.49. The number of halogens is 2. The van der Waals surface area contributed by atoms with Gasteiger partial charge < -0.3 is 15.7 Å². The van der Waals surface area contributed by atoms with E-state index in [2.05, 4.69) is 36.7 Å². The molecule has 1 atom stereocenters. The number of nitrogens with zero attached hydrogens (tertiary/aromatic N) is 3. The van der Waals surface area contributed by atoms with Gasteiger partial charge in [-0.1, -0.05) is 6.07 Å². The van der Waals surface area contributed by atoms with Crippen molar-refractivity contribution >= 4 is 21.9 Å². The Kier molecular flexibility index (Phi) is 7.16. The maximum Gasteiger partial charge on any atom is 0.191 e. The summed E-state index contributed by atoms with van der Waals surface area (Å²) < 4.78 is 15.4. The van der Waals surface area contributed by atoms with E-state index in [1.54, 1.807) is 36.1 Å². The van der Waals surface area contributed by atoms with Gasteiger partial charge in [0.25, 0.3) is 0 Å². The molecule has 0 radical (unpaired) electrons. The minimum atomic E-state index is -1.10. The van der Waals surface area contributed by atoms with Gasteiger partial charge in [0, 0.05) is 31.9 Å². The van der Waals surface area contributed by atoms with Crippen LogP contribution in [0.1, 0.15) is 25.0 Å². The lowest BCUT2D eigenvalue weighted by Crippen LogP contribution is -2.39. The third-order valence-electron chi connectivity index (χ3n) is 3.91. The van der Waals surface area contributed by atoms with E-state index in [1.807, 2.05) is 14.0 Å². The maximum absolute atomic E-state index is 13.3. The molecule has 0 bridgehead atoms. The highest BCUT2D eigenvalue weighted by Crippen LogP contribution is 2.20. The lowest BCUT2D eigenvalue weighted by Gasteiger charge is -2.20. The Morgan fingerprint density at radius 1 is 1.42 bits per heavy atom. The van der Waals surface area contributed by atoms with Crippen molar-refractivity contribution in [1.29, 1.82) is 0 Å². The second kappa shape index (κ2) is 9.14. The standard InChI is InChI=1S/C18H25BrFN5O/c1-4-21-17(22-8-7-13-5-6-16(20)15(19)9-13)23-12-18(2,26)14-10-24-25(3)11-14/h5-6,9-11,26H,4,7-8,12H2,1-3H3,(H2,21,22,23). The second-order valence-corrected chi connectivity index (χ2v) is 7.15. The van der Waals surface area contributed by atoms with Crippen molar-refractivity contribution in [3.05, 3.63) is 52.0 Å². The lowest BCUT2D eigenvalue weighted by atomic mass is 10.0. The lowest BCUT2D eigenvalue weighted by molar-refractivity contribution is 0.0672. The van der Waals surface area contributed by atoms with Crippen molar-refractivity contribution in [3.63, 3.8) is 0 Å². The van der Waals surface area contributed by atoms with Crippen LogP contribution in [-0.4, -0.2) is 40.5 Å². The van der Waals surface area contributed by atoms with Gasteiger partial charge in [0.2, 0.25) is 0 Å². The molecule has 1 heterocycles. The quantitative estimate of drug-likeness (QED) is 0.470. The highest BCUT2D eigenvalue weighted by Gasteiger charge is 2.24. The van der Waals surface area contributed by atoms with Gasteiger partial charge in [-0.25, -0.2) is 9.38 Å². The van der Waals surface area contributed by atoms with Gasteiger partial charge in [-0.2, -0.15) is 5.10 Å². The molecule has 0 saturated carbocycles. The summed E-state index contributed by atoms with van der Waals surface area (Å²) in [6.45, 7) is 5.25. The summed E-state index contributed by atoms with van der Waals surface area (Å²) in [7, 11) is 1.81. The Morgan fingerprint density at radius 2 is 2.19 bits per heavy atom. The van der Waals surface area contributed by atoms with Gasteiger partial charge in [-0.3, -0.25) is 4.68 Å². The normalized spacial score (nSPS) is 14.2. The first-order chi connectivity index (χ1) is 12.3. The molecule has 0 aliphatic heterocycles. The number of nitrogens with one attached hydrogen (secondary N) is 2. The number of aliphatic hydroxyl groups is 1. The Balaban J connectivity index is 1.94. The average molecular weight is 426 g/mol. The molecule has 8 heteroatoms. The number of aromatic nitrogens is 2. The number of rotatable bonds is 7. The molecule has 1 aromatic carbocycles. The van der Waals surface area contributed by atoms with Crippen LogP contribution in [0.4, 0.5) is 4.39 Å². The summed E-state index contributed by atoms with van der Waals surface area (Å²) in [6, 6.07) is 4.98. The Morgan fingerprint density at radius 3 is 2.81 bits per heavy atom. The molecule has 0 aliphatic carbocycles. The molecule has 0 amide bonds. The largest absolute Gasteiger partial charge is 0.383 e. The third-order valence-corrected chi connectivity index (χ3v) is 4.51. The van der Waals surface area contributed by atoms with Gasteiger partial charge in [0.15, 0.2) is 5.96 Å². The fourth-order valence-electron chi connectivity index (χ4n) is 2.39. The highest BCUT2D eigenvalue weighted by molar-refractivity contribution is 9.10. The molecule has 2 rings (SSSR count). The SMILES string of the molecule is CCNC(=NCC(C)(O)c1cnn(C)c1)NCCc1ccc(F)c(Br)c1. The summed E-state index contributed by atoms with van der Waals surface area (Å²) in [4.78, 5) is 4.47. The molecule has 0 saturated heterocycles. The fraction of sp³-hybridized carbons (Fsp3) is 0.444. The smallest absolute Gasteiger partial charge is 0.191 e. The third kappa shape index (κ3) is 5.81. The second-order valence-electron chi connectivity index (χ2n) is 6.30. The predicted molar refractivity (Wildman–Crippen MR) is 105 cm³/mol. The number of hydrogen-bond acceptors (Lipinski definition) is 3. The van der Waals surface area contributed by atoms with Crippen LogP contribution in [0, 0.1) is 5.82 Å². The topological polar surface area (TPSA) is 74.5 Å². The van der Waals surface area contributed by atoms with E-state index in [1.165, 1.54) is 6.07 Å². The summed E-state index contributed by atoms with van der Waals surface area (Å²) in [6.07, 6.45) is 4.15. The van der Waals surface area contributed by atoms with Crippen LogP contribution in [0.5, 0.6) is 0 Å². The summed E-state index contributed by atoms with van der Waals surface area (Å²) >= 11 is 3.20. The van der Waals surface area contributed by atoms with Crippen LogP contribution in [0.15, 0.2) is 40.1 Å². The van der Waals surface area contributed by atoms with Crippen molar-refractivity contribution in [2.75, 3.05) is 19.6 Å². The van der Waals surface area contributed by atoms with Crippen molar-refractivity contribution in [2.45, 2.75) is 25.9 Å². The summed E-state index contributed by atoms with van der Waals surface area (Å²) in [5.74, 6) is 0.354. The Labute approximate surface area is 161 Å². The minimum absolute atomic E-state index is 0.204. The zero-order chi connectivity index (χ0) is 19.2. The van der Waals surface area contributed by atoms with E-state index in [4.69, 9.17) is 0 Å². The zero-order valence-electron chi connectivity index (χ0n) is 15.3. The average Bonchev–Trinajstić information content (AvgIpc) is 3.03. The molecule has 1 unspecified atom stereocenters. The van der Waals surface area contributed by atoms with Crippen LogP contribution in [0.3, 0.4) is 0 Å². The molecule has 6 nitrogen and oxygen atoms in total. The maximum atomic E-state index is 13.3. The van der Waals surface area contributed by atoms with Crippen molar-refractivity contribution < 1.29 is 9.50 Å². The molecule has 26 heavy (non-hydrogen) atoms. The number of aliphatic imine (C=N–C) groups is 1. The fourth-order valence-corrected chi connectivity index (χ4v) is 2.81. The molecule has 0 fully saturated rings.